The number of benzene rings is 5. The SMILES string of the molecule is C.COc1c(-c2ccc(CO)cc2)nn(C)c1C1=Nc2cc(C(N)=O)ccc2C1.Cn1nc(-c2ccc(CS(=O)(=O)c3ccccc3)cc2)c(O)c1C1=Nc2cc(C(N)=O)ccc2C1. The topological polar surface area (TPSA) is 230 Å². The van der Waals surface area contributed by atoms with Gasteiger partial charge in [0.1, 0.15) is 22.8 Å². The minimum atomic E-state index is -3.46. The van der Waals surface area contributed by atoms with E-state index >= 15 is 0 Å². The summed E-state index contributed by atoms with van der Waals surface area (Å²) in [4.78, 5) is 32.5. The Morgan fingerprint density at radius 1 is 0.688 bits per heavy atom. The van der Waals surface area contributed by atoms with Gasteiger partial charge < -0.3 is 26.4 Å². The molecule has 2 amide bonds. The van der Waals surface area contributed by atoms with Crippen LogP contribution in [-0.2, 0) is 49.1 Å². The van der Waals surface area contributed by atoms with Gasteiger partial charge in [0.15, 0.2) is 21.3 Å². The molecule has 15 nitrogen and oxygen atoms in total. The molecule has 7 aromatic rings. The van der Waals surface area contributed by atoms with Crippen molar-refractivity contribution in [3.8, 4) is 34.0 Å². The van der Waals surface area contributed by atoms with Crippen LogP contribution in [-0.4, -0.2) is 68.5 Å². The lowest BCUT2D eigenvalue weighted by atomic mass is 10.0. The number of rotatable bonds is 11. The molecular formula is C48H46N8O7S. The van der Waals surface area contributed by atoms with Crippen molar-refractivity contribution >= 4 is 44.4 Å². The maximum atomic E-state index is 12.7. The van der Waals surface area contributed by atoms with Crippen LogP contribution in [0.25, 0.3) is 22.5 Å². The third kappa shape index (κ3) is 8.69. The average Bonchev–Trinajstić information content (AvgIpc) is 4.05. The molecule has 0 aliphatic carbocycles. The summed E-state index contributed by atoms with van der Waals surface area (Å²) in [7, 11) is 1.72. The van der Waals surface area contributed by atoms with E-state index in [1.807, 2.05) is 43.4 Å². The highest BCUT2D eigenvalue weighted by atomic mass is 32.2. The zero-order valence-corrected chi connectivity index (χ0v) is 35.3. The fourth-order valence-corrected chi connectivity index (χ4v) is 9.01. The number of hydrogen-bond acceptors (Lipinski definition) is 11. The number of ether oxygens (including phenoxy) is 1. The number of hydrogen-bond donors (Lipinski definition) is 4. The summed E-state index contributed by atoms with van der Waals surface area (Å²) in [5.74, 6) is -0.501. The molecule has 64 heavy (non-hydrogen) atoms. The summed E-state index contributed by atoms with van der Waals surface area (Å²) in [6.07, 6.45) is 1.10. The fourth-order valence-electron chi connectivity index (χ4n) is 7.64. The molecule has 2 aliphatic rings. The Bertz CT molecular complexity index is 3100. The first-order valence-corrected chi connectivity index (χ1v) is 21.4. The zero-order valence-electron chi connectivity index (χ0n) is 34.5. The molecule has 0 saturated carbocycles. The van der Waals surface area contributed by atoms with Gasteiger partial charge in [-0.2, -0.15) is 10.2 Å². The molecule has 4 heterocycles. The molecule has 0 radical (unpaired) electrons. The number of primary amides is 2. The molecule has 6 N–H and O–H groups in total. The van der Waals surface area contributed by atoms with Crippen LogP contribution >= 0.6 is 0 Å². The Balaban J connectivity index is 0.000000193. The lowest BCUT2D eigenvalue weighted by molar-refractivity contribution is 0.0992. The highest BCUT2D eigenvalue weighted by Gasteiger charge is 2.28. The Morgan fingerprint density at radius 2 is 1.17 bits per heavy atom. The van der Waals surface area contributed by atoms with Gasteiger partial charge in [-0.25, -0.2) is 8.42 Å². The second kappa shape index (κ2) is 18.0. The number of amides is 2. The number of sulfone groups is 1. The predicted octanol–water partition coefficient (Wildman–Crippen LogP) is 6.54. The predicted molar refractivity (Wildman–Crippen MR) is 245 cm³/mol. The first kappa shape index (κ1) is 44.4. The normalized spacial score (nSPS) is 12.6. The monoisotopic (exact) mass is 878 g/mol. The van der Waals surface area contributed by atoms with Crippen molar-refractivity contribution in [3.63, 3.8) is 0 Å². The van der Waals surface area contributed by atoms with Crippen LogP contribution in [0.4, 0.5) is 11.4 Å². The van der Waals surface area contributed by atoms with Gasteiger partial charge in [-0.05, 0) is 58.7 Å². The number of fused-ring (bicyclic) bond motifs is 2. The number of aliphatic imine (C=N–C) groups is 2. The number of aromatic hydroxyl groups is 1. The maximum absolute atomic E-state index is 12.7. The number of carbonyl (C=O) groups is 2. The number of carbonyl (C=O) groups excluding carboxylic acids is 2. The molecule has 16 heteroatoms. The number of aromatic nitrogens is 4. The maximum Gasteiger partial charge on any atom is 0.248 e. The summed E-state index contributed by atoms with van der Waals surface area (Å²) < 4.78 is 34.3. The molecule has 0 unspecified atom stereocenters. The van der Waals surface area contributed by atoms with Gasteiger partial charge in [-0.3, -0.25) is 28.9 Å². The third-order valence-electron chi connectivity index (χ3n) is 10.8. The van der Waals surface area contributed by atoms with Gasteiger partial charge in [-0.1, -0.05) is 86.3 Å². The van der Waals surface area contributed by atoms with E-state index in [0.717, 1.165) is 39.3 Å². The Labute approximate surface area is 369 Å². The molecule has 2 aromatic heterocycles. The number of nitrogens with two attached hydrogens (primary N) is 2. The van der Waals surface area contributed by atoms with Crippen LogP contribution in [0.15, 0.2) is 130 Å². The van der Waals surface area contributed by atoms with E-state index in [4.69, 9.17) is 21.2 Å². The van der Waals surface area contributed by atoms with E-state index in [-0.39, 0.29) is 30.4 Å². The van der Waals surface area contributed by atoms with Crippen molar-refractivity contribution in [1.29, 1.82) is 0 Å². The highest BCUT2D eigenvalue weighted by molar-refractivity contribution is 7.90. The number of aryl methyl sites for hydroxylation is 2. The molecule has 9 rings (SSSR count). The van der Waals surface area contributed by atoms with Crippen LogP contribution in [0.2, 0.25) is 0 Å². The number of methoxy groups -OCH3 is 1. The first-order chi connectivity index (χ1) is 30.2. The summed E-state index contributed by atoms with van der Waals surface area (Å²) in [6, 6.07) is 33.2. The van der Waals surface area contributed by atoms with Gasteiger partial charge in [0.2, 0.25) is 11.8 Å². The number of aliphatic hydroxyl groups excluding tert-OH is 1. The van der Waals surface area contributed by atoms with Gasteiger partial charge in [-0.15, -0.1) is 0 Å². The van der Waals surface area contributed by atoms with Crippen molar-refractivity contribution in [3.05, 3.63) is 160 Å². The highest BCUT2D eigenvalue weighted by Crippen LogP contribution is 2.39. The first-order valence-electron chi connectivity index (χ1n) is 19.7. The van der Waals surface area contributed by atoms with Crippen molar-refractivity contribution in [2.75, 3.05) is 7.11 Å². The van der Waals surface area contributed by atoms with E-state index in [1.165, 1.54) is 0 Å². The van der Waals surface area contributed by atoms with Gasteiger partial charge in [0, 0.05) is 49.2 Å². The Hall–Kier alpha value is -7.69. The van der Waals surface area contributed by atoms with Crippen LogP contribution in [0.1, 0.15) is 61.8 Å². The van der Waals surface area contributed by atoms with Crippen molar-refractivity contribution in [2.24, 2.45) is 35.5 Å². The van der Waals surface area contributed by atoms with E-state index in [0.29, 0.717) is 69.3 Å². The molecule has 326 valence electrons. The van der Waals surface area contributed by atoms with E-state index in [1.54, 1.807) is 102 Å². The van der Waals surface area contributed by atoms with Crippen molar-refractivity contribution in [2.45, 2.75) is 37.5 Å². The zero-order chi connectivity index (χ0) is 44.6. The molecular weight excluding hydrogens is 833 g/mol. The van der Waals surface area contributed by atoms with Gasteiger partial charge >= 0.3 is 0 Å². The van der Waals surface area contributed by atoms with Crippen molar-refractivity contribution < 1.29 is 33.0 Å². The van der Waals surface area contributed by atoms with Crippen LogP contribution in [0.3, 0.4) is 0 Å². The molecule has 5 aromatic carbocycles. The van der Waals surface area contributed by atoms with Crippen LogP contribution in [0, 0.1) is 0 Å². The number of aliphatic hydroxyl groups is 1. The standard InChI is InChI=1S/C26H22N4O4S.C21H20N4O3.CH4/c1-30-24(22-13-18-11-12-19(26(27)32)14-21(18)28-22)25(31)23(29-30)17-9-7-16(8-10-17)15-35(33,34)20-5-3-2-4-6-20;1-25-19(17-9-14-7-8-15(21(22)27)10-16(14)23-17)20(28-2)18(24-25)13-5-3-12(11-26)4-6-13;/h2-12,14,31H,13,15H2,1H3,(H2,27,32);3-8,10,26H,9,11H2,1-2H3,(H2,22,27);1H4. The molecule has 0 bridgehead atoms. The van der Waals surface area contributed by atoms with Crippen molar-refractivity contribution in [1.82, 2.24) is 19.6 Å². The van der Waals surface area contributed by atoms with E-state index < -0.39 is 21.7 Å². The van der Waals surface area contributed by atoms with Crippen LogP contribution in [0.5, 0.6) is 11.5 Å². The summed E-state index contributed by atoms with van der Waals surface area (Å²) in [6.45, 7) is -0.00671. The minimum Gasteiger partial charge on any atom is -0.504 e. The largest absolute Gasteiger partial charge is 0.504 e. The Morgan fingerprint density at radius 3 is 1.69 bits per heavy atom. The van der Waals surface area contributed by atoms with E-state index in [2.05, 4.69) is 15.2 Å². The molecule has 0 spiro atoms. The third-order valence-corrected chi connectivity index (χ3v) is 12.5. The second-order valence-corrected chi connectivity index (χ2v) is 17.0. The Kier molecular flexibility index (Phi) is 12.5. The fraction of sp³-hybridized carbons (Fsp3) is 0.167. The lowest BCUT2D eigenvalue weighted by Crippen LogP contribution is -2.10. The summed E-state index contributed by atoms with van der Waals surface area (Å²) in [5, 5.41) is 29.4. The quantitative estimate of drug-likeness (QED) is 0.110. The smallest absolute Gasteiger partial charge is 0.248 e. The number of nitrogens with zero attached hydrogens (tertiary/aromatic N) is 6. The summed E-state index contributed by atoms with van der Waals surface area (Å²) >= 11 is 0. The average molecular weight is 879 g/mol. The van der Waals surface area contributed by atoms with Crippen LogP contribution < -0.4 is 16.2 Å². The van der Waals surface area contributed by atoms with Gasteiger partial charge in [0.25, 0.3) is 0 Å². The molecule has 2 aliphatic heterocycles. The summed E-state index contributed by atoms with van der Waals surface area (Å²) in [5.41, 5.74) is 21.7. The lowest BCUT2D eigenvalue weighted by Gasteiger charge is -2.06. The molecule has 0 atom stereocenters. The van der Waals surface area contributed by atoms with E-state index in [9.17, 15) is 28.2 Å². The van der Waals surface area contributed by atoms with Gasteiger partial charge in [0.05, 0.1) is 47.2 Å². The molecule has 0 fully saturated rings. The molecule has 0 saturated heterocycles. The minimum absolute atomic E-state index is 0. The second-order valence-electron chi connectivity index (χ2n) is 15.0.